The van der Waals surface area contributed by atoms with E-state index in [1.165, 1.54) is 0 Å². The number of hydrogen-bond acceptors (Lipinski definition) is 5. The maximum atomic E-state index is 12.9. The number of hydrogen-bond donors (Lipinski definition) is 0. The van der Waals surface area contributed by atoms with Gasteiger partial charge in [-0.15, -0.1) is 0 Å². The summed E-state index contributed by atoms with van der Waals surface area (Å²) in [4.78, 5) is 28.2. The van der Waals surface area contributed by atoms with Crippen molar-refractivity contribution in [2.75, 3.05) is 51.7 Å². The molecule has 0 N–H and O–H groups in total. The van der Waals surface area contributed by atoms with Crippen molar-refractivity contribution in [1.29, 1.82) is 0 Å². The van der Waals surface area contributed by atoms with Crippen LogP contribution in [0.15, 0.2) is 16.9 Å². The first kappa shape index (κ1) is 19.5. The van der Waals surface area contributed by atoms with Crippen LogP contribution in [0, 0.1) is 11.8 Å². The highest BCUT2D eigenvalue weighted by atomic mass is 79.9. The average molecular weight is 424 g/mol. The zero-order valence-electron chi connectivity index (χ0n) is 15.9. The molecular formula is C19H30BrN5O. The van der Waals surface area contributed by atoms with Crippen molar-refractivity contribution in [3.05, 3.63) is 16.9 Å². The average Bonchev–Trinajstić information content (AvgIpc) is 2.87. The minimum absolute atomic E-state index is 0.226. The molecule has 1 saturated heterocycles. The van der Waals surface area contributed by atoms with Crippen molar-refractivity contribution in [3.8, 4) is 0 Å². The number of amides is 1. The first-order valence-corrected chi connectivity index (χ1v) is 10.5. The number of carbonyl (C=O) groups is 1. The fourth-order valence-corrected chi connectivity index (χ4v) is 4.29. The molecule has 1 aliphatic heterocycles. The first-order valence-electron chi connectivity index (χ1n) is 9.69. The molecular weight excluding hydrogens is 394 g/mol. The third kappa shape index (κ3) is 5.16. The van der Waals surface area contributed by atoms with Gasteiger partial charge in [0, 0.05) is 51.5 Å². The molecule has 2 fully saturated rings. The van der Waals surface area contributed by atoms with Gasteiger partial charge in [-0.2, -0.15) is 0 Å². The summed E-state index contributed by atoms with van der Waals surface area (Å²) < 4.78 is 0.897. The molecule has 26 heavy (non-hydrogen) atoms. The highest BCUT2D eigenvalue weighted by molar-refractivity contribution is 9.10. The van der Waals surface area contributed by atoms with E-state index in [1.807, 2.05) is 7.05 Å². The van der Waals surface area contributed by atoms with Gasteiger partial charge in [0.1, 0.15) is 0 Å². The SMILES string of the molecule is CN1CCCN(C(=O)C2CCC(CN(C)c3ncc(Br)cn3)CC2)CC1. The molecule has 2 aliphatic rings. The van der Waals surface area contributed by atoms with E-state index in [4.69, 9.17) is 0 Å². The molecule has 0 unspecified atom stereocenters. The molecule has 6 nitrogen and oxygen atoms in total. The summed E-state index contributed by atoms with van der Waals surface area (Å²) in [7, 11) is 4.19. The Labute approximate surface area is 165 Å². The molecule has 0 aromatic carbocycles. The lowest BCUT2D eigenvalue weighted by molar-refractivity contribution is -0.136. The van der Waals surface area contributed by atoms with Crippen LogP contribution in [0.25, 0.3) is 0 Å². The van der Waals surface area contributed by atoms with Crippen LogP contribution in [-0.4, -0.2) is 72.5 Å². The standard InChI is InChI=1S/C19H30BrN5O/c1-23-8-3-9-25(11-10-23)18(26)16-6-4-15(5-7-16)14-24(2)19-21-12-17(20)13-22-19/h12-13,15-16H,3-11,14H2,1-2H3. The summed E-state index contributed by atoms with van der Waals surface area (Å²) in [5, 5.41) is 0. The lowest BCUT2D eigenvalue weighted by atomic mass is 9.81. The number of aromatic nitrogens is 2. The van der Waals surface area contributed by atoms with Crippen molar-refractivity contribution in [2.24, 2.45) is 11.8 Å². The van der Waals surface area contributed by atoms with E-state index in [1.54, 1.807) is 12.4 Å². The number of carbonyl (C=O) groups excluding carboxylic acids is 1. The van der Waals surface area contributed by atoms with Gasteiger partial charge < -0.3 is 14.7 Å². The van der Waals surface area contributed by atoms with Crippen LogP contribution in [0.5, 0.6) is 0 Å². The molecule has 3 rings (SSSR count). The molecule has 0 spiro atoms. The molecule has 0 atom stereocenters. The molecule has 7 heteroatoms. The maximum Gasteiger partial charge on any atom is 0.225 e. The third-order valence-electron chi connectivity index (χ3n) is 5.71. The second-order valence-corrected chi connectivity index (χ2v) is 8.70. The van der Waals surface area contributed by atoms with E-state index in [9.17, 15) is 4.79 Å². The molecule has 0 bridgehead atoms. The van der Waals surface area contributed by atoms with Gasteiger partial charge in [-0.25, -0.2) is 9.97 Å². The second-order valence-electron chi connectivity index (χ2n) is 7.78. The third-order valence-corrected chi connectivity index (χ3v) is 6.12. The van der Waals surface area contributed by atoms with Gasteiger partial charge in [0.25, 0.3) is 0 Å². The first-order chi connectivity index (χ1) is 12.5. The van der Waals surface area contributed by atoms with Gasteiger partial charge in [0.2, 0.25) is 11.9 Å². The quantitative estimate of drug-likeness (QED) is 0.744. The summed E-state index contributed by atoms with van der Waals surface area (Å²) in [5.41, 5.74) is 0. The Kier molecular flexibility index (Phi) is 6.86. The van der Waals surface area contributed by atoms with Crippen LogP contribution in [0.2, 0.25) is 0 Å². The van der Waals surface area contributed by atoms with Crippen molar-refractivity contribution < 1.29 is 4.79 Å². The van der Waals surface area contributed by atoms with E-state index < -0.39 is 0 Å². The summed E-state index contributed by atoms with van der Waals surface area (Å²) in [6.07, 6.45) is 8.93. The predicted molar refractivity (Wildman–Crippen MR) is 107 cm³/mol. The minimum Gasteiger partial charge on any atom is -0.344 e. The second kappa shape index (κ2) is 9.13. The van der Waals surface area contributed by atoms with Crippen LogP contribution >= 0.6 is 15.9 Å². The largest absolute Gasteiger partial charge is 0.344 e. The molecule has 0 radical (unpaired) electrons. The Balaban J connectivity index is 1.46. The van der Waals surface area contributed by atoms with Gasteiger partial charge >= 0.3 is 0 Å². The van der Waals surface area contributed by atoms with Gasteiger partial charge in [-0.3, -0.25) is 4.79 Å². The number of nitrogens with zero attached hydrogens (tertiary/aromatic N) is 5. The zero-order valence-corrected chi connectivity index (χ0v) is 17.5. The number of likely N-dealkylation sites (N-methyl/N-ethyl adjacent to an activating group) is 1. The lowest BCUT2D eigenvalue weighted by Gasteiger charge is -2.33. The number of halogens is 1. The number of anilines is 1. The Morgan fingerprint density at radius 2 is 1.85 bits per heavy atom. The molecule has 1 amide bonds. The summed E-state index contributed by atoms with van der Waals surface area (Å²) in [6, 6.07) is 0. The predicted octanol–water partition coefficient (Wildman–Crippen LogP) is 2.65. The van der Waals surface area contributed by atoms with Crippen molar-refractivity contribution in [2.45, 2.75) is 32.1 Å². The Morgan fingerprint density at radius 1 is 1.15 bits per heavy atom. The monoisotopic (exact) mass is 423 g/mol. The van der Waals surface area contributed by atoms with Gasteiger partial charge in [0.15, 0.2) is 0 Å². The van der Waals surface area contributed by atoms with E-state index in [0.29, 0.717) is 11.8 Å². The molecule has 1 aliphatic carbocycles. The van der Waals surface area contributed by atoms with Crippen LogP contribution < -0.4 is 4.90 Å². The molecule has 144 valence electrons. The van der Waals surface area contributed by atoms with Crippen molar-refractivity contribution >= 4 is 27.8 Å². The van der Waals surface area contributed by atoms with Crippen molar-refractivity contribution in [1.82, 2.24) is 19.8 Å². The van der Waals surface area contributed by atoms with Crippen molar-refractivity contribution in [3.63, 3.8) is 0 Å². The van der Waals surface area contributed by atoms with Gasteiger partial charge in [-0.1, -0.05) is 0 Å². The minimum atomic E-state index is 0.226. The van der Waals surface area contributed by atoms with Crippen LogP contribution in [0.4, 0.5) is 5.95 Å². The molecule has 1 saturated carbocycles. The highest BCUT2D eigenvalue weighted by Crippen LogP contribution is 2.31. The van der Waals surface area contributed by atoms with E-state index in [-0.39, 0.29) is 5.92 Å². The summed E-state index contributed by atoms with van der Waals surface area (Å²) in [6.45, 7) is 4.86. The normalized spacial score (nSPS) is 25.0. The van der Waals surface area contributed by atoms with Crippen LogP contribution in [0.1, 0.15) is 32.1 Å². The smallest absolute Gasteiger partial charge is 0.225 e. The summed E-state index contributed by atoms with van der Waals surface area (Å²) >= 11 is 3.37. The van der Waals surface area contributed by atoms with Gasteiger partial charge in [-0.05, 0) is 67.5 Å². The highest BCUT2D eigenvalue weighted by Gasteiger charge is 2.30. The topological polar surface area (TPSA) is 52.6 Å². The zero-order chi connectivity index (χ0) is 18.5. The van der Waals surface area contributed by atoms with Crippen LogP contribution in [-0.2, 0) is 4.79 Å². The van der Waals surface area contributed by atoms with E-state index >= 15 is 0 Å². The molecule has 1 aromatic heterocycles. The lowest BCUT2D eigenvalue weighted by Crippen LogP contribution is -2.40. The fraction of sp³-hybridized carbons (Fsp3) is 0.737. The number of rotatable bonds is 4. The molecule has 2 heterocycles. The Hall–Kier alpha value is -1.21. The van der Waals surface area contributed by atoms with E-state index in [0.717, 1.165) is 75.2 Å². The fourth-order valence-electron chi connectivity index (χ4n) is 4.09. The summed E-state index contributed by atoms with van der Waals surface area (Å²) in [5.74, 6) is 2.00. The van der Waals surface area contributed by atoms with Crippen LogP contribution in [0.3, 0.4) is 0 Å². The van der Waals surface area contributed by atoms with E-state index in [2.05, 4.69) is 47.6 Å². The Morgan fingerprint density at radius 3 is 2.54 bits per heavy atom. The van der Waals surface area contributed by atoms with Gasteiger partial charge in [0.05, 0.1) is 4.47 Å². The maximum absolute atomic E-state index is 12.9. The molecule has 1 aromatic rings. The Bertz CT molecular complexity index is 588.